The number of benzene rings is 2. The fourth-order valence-electron chi connectivity index (χ4n) is 3.24. The van der Waals surface area contributed by atoms with Gasteiger partial charge >= 0.3 is 0 Å². The fourth-order valence-corrected chi connectivity index (χ4v) is 3.24. The van der Waals surface area contributed by atoms with E-state index in [1.165, 1.54) is 6.92 Å². The van der Waals surface area contributed by atoms with Gasteiger partial charge in [-0.1, -0.05) is 54.6 Å². The van der Waals surface area contributed by atoms with Crippen molar-refractivity contribution < 1.29 is 14.7 Å². The summed E-state index contributed by atoms with van der Waals surface area (Å²) in [6.07, 6.45) is 7.73. The number of nitrogens with two attached hydrogens (primary N) is 2. The Morgan fingerprint density at radius 2 is 1.57 bits per heavy atom. The van der Waals surface area contributed by atoms with Crippen LogP contribution in [0.1, 0.15) is 31.4 Å². The highest BCUT2D eigenvalue weighted by atomic mass is 16.3. The zero-order valence-corrected chi connectivity index (χ0v) is 16.8. The topological polar surface area (TPSA) is 110 Å². The predicted octanol–water partition coefficient (Wildman–Crippen LogP) is 3.51. The molecule has 0 radical (unpaired) electrons. The lowest BCUT2D eigenvalue weighted by molar-refractivity contribution is -0.129. The molecular weight excluding hydrogens is 378 g/mol. The molecule has 1 unspecified atom stereocenters. The number of phenols is 1. The number of allylic oxidation sites excluding steroid dienone is 5. The lowest BCUT2D eigenvalue weighted by Gasteiger charge is -2.21. The summed E-state index contributed by atoms with van der Waals surface area (Å²) < 4.78 is 0. The number of ketones is 1. The van der Waals surface area contributed by atoms with Crippen molar-refractivity contribution in [3.05, 3.63) is 89.7 Å². The van der Waals surface area contributed by atoms with Gasteiger partial charge in [-0.25, -0.2) is 10.9 Å². The Balaban J connectivity index is 1.72. The van der Waals surface area contributed by atoms with Crippen LogP contribution in [0.4, 0.5) is 0 Å². The molecule has 30 heavy (non-hydrogen) atoms. The molecule has 154 valence electrons. The van der Waals surface area contributed by atoms with E-state index in [1.54, 1.807) is 24.3 Å². The molecule has 1 aliphatic carbocycles. The number of rotatable bonds is 6. The summed E-state index contributed by atoms with van der Waals surface area (Å²) in [5, 5.41) is 10.4. The second-order valence-corrected chi connectivity index (χ2v) is 7.14. The Bertz CT molecular complexity index is 1020. The van der Waals surface area contributed by atoms with Crippen molar-refractivity contribution in [3.8, 4) is 16.9 Å². The Morgan fingerprint density at radius 1 is 1.00 bits per heavy atom. The van der Waals surface area contributed by atoms with Crippen molar-refractivity contribution in [3.63, 3.8) is 0 Å². The summed E-state index contributed by atoms with van der Waals surface area (Å²) in [5.74, 6) is 5.72. The van der Waals surface area contributed by atoms with Gasteiger partial charge in [-0.3, -0.25) is 9.59 Å². The maximum atomic E-state index is 12.7. The van der Waals surface area contributed by atoms with Crippen LogP contribution in [-0.4, -0.2) is 21.8 Å². The van der Waals surface area contributed by atoms with Crippen LogP contribution in [0.15, 0.2) is 84.1 Å². The quantitative estimate of drug-likeness (QED) is 0.388. The summed E-state index contributed by atoms with van der Waals surface area (Å²) in [6, 6.07) is 14.0. The van der Waals surface area contributed by atoms with E-state index >= 15 is 0 Å². The Morgan fingerprint density at radius 3 is 2.17 bits per heavy atom. The van der Waals surface area contributed by atoms with Crippen LogP contribution in [0, 0.1) is 0 Å². The zero-order chi connectivity index (χ0) is 21.7. The van der Waals surface area contributed by atoms with E-state index in [-0.39, 0.29) is 23.9 Å². The maximum absolute atomic E-state index is 12.7. The molecule has 1 aliphatic rings. The summed E-state index contributed by atoms with van der Waals surface area (Å²) in [5.41, 5.74) is 9.76. The number of hydrogen-bond donors (Lipinski definition) is 3. The molecule has 5 N–H and O–H groups in total. The molecule has 0 fully saturated rings. The average Bonchev–Trinajstić information content (AvgIpc) is 3.00. The molecule has 2 aromatic carbocycles. The molecule has 0 spiro atoms. The van der Waals surface area contributed by atoms with Crippen molar-refractivity contribution in [2.45, 2.75) is 25.8 Å². The molecule has 0 saturated carbocycles. The van der Waals surface area contributed by atoms with Crippen LogP contribution in [0.5, 0.6) is 5.75 Å². The molecule has 6 nitrogen and oxygen atoms in total. The average molecular weight is 403 g/mol. The first kappa shape index (κ1) is 21.2. The highest BCUT2D eigenvalue weighted by Crippen LogP contribution is 2.25. The summed E-state index contributed by atoms with van der Waals surface area (Å²) in [7, 11) is 0. The number of carbonyl (C=O) groups is 2. The second kappa shape index (κ2) is 9.35. The van der Waals surface area contributed by atoms with Gasteiger partial charge in [0.1, 0.15) is 5.75 Å². The van der Waals surface area contributed by atoms with E-state index in [0.717, 1.165) is 21.7 Å². The fraction of sp³-hybridized carbons (Fsp3) is 0.167. The first-order valence-electron chi connectivity index (χ1n) is 9.67. The smallest absolute Gasteiger partial charge is 0.243 e. The third-order valence-electron chi connectivity index (χ3n) is 4.95. The Kier molecular flexibility index (Phi) is 6.61. The third kappa shape index (κ3) is 4.92. The number of phenolic OH excluding ortho intramolecular Hbond substituents is 1. The number of carbonyl (C=O) groups excluding carboxylic acids is 2. The van der Waals surface area contributed by atoms with Crippen molar-refractivity contribution in [1.29, 1.82) is 0 Å². The van der Waals surface area contributed by atoms with Crippen LogP contribution in [0.3, 0.4) is 0 Å². The summed E-state index contributed by atoms with van der Waals surface area (Å²) in [4.78, 5) is 24.6. The number of aromatic hydroxyl groups is 1. The number of Topliss-reactive ketones (excluding diaryl/α,β-unsaturated/α-hetero) is 1. The minimum absolute atomic E-state index is 0.00128. The van der Waals surface area contributed by atoms with Crippen molar-refractivity contribution in [2.24, 2.45) is 11.6 Å². The molecule has 0 bridgehead atoms. The maximum Gasteiger partial charge on any atom is 0.243 e. The Hall–Kier alpha value is -3.48. The van der Waals surface area contributed by atoms with Gasteiger partial charge < -0.3 is 10.8 Å². The number of nitrogens with zero attached hydrogens (tertiary/aromatic N) is 1. The molecule has 0 saturated heterocycles. The first-order valence-corrected chi connectivity index (χ1v) is 9.67. The highest BCUT2D eigenvalue weighted by molar-refractivity contribution is 5.98. The molecule has 6 heteroatoms. The third-order valence-corrected chi connectivity index (χ3v) is 4.95. The SMILES string of the molecule is CC(=O)C1=C(N(N)C(=O)CC(N)c2ccc(-c3ccc(O)cc3)cc2)C=CCC=C1. The van der Waals surface area contributed by atoms with E-state index in [2.05, 4.69) is 0 Å². The first-order chi connectivity index (χ1) is 14.4. The number of hydrogen-bond acceptors (Lipinski definition) is 5. The molecule has 1 amide bonds. The lowest BCUT2D eigenvalue weighted by atomic mass is 9.99. The minimum atomic E-state index is -0.538. The molecule has 0 aromatic heterocycles. The van der Waals surface area contributed by atoms with E-state index < -0.39 is 6.04 Å². The summed E-state index contributed by atoms with van der Waals surface area (Å²) in [6.45, 7) is 1.44. The monoisotopic (exact) mass is 403 g/mol. The van der Waals surface area contributed by atoms with E-state index in [9.17, 15) is 14.7 Å². The Labute approximate surface area is 175 Å². The number of amides is 1. The molecular formula is C24H25N3O3. The zero-order valence-electron chi connectivity index (χ0n) is 16.8. The van der Waals surface area contributed by atoms with E-state index in [1.807, 2.05) is 48.6 Å². The van der Waals surface area contributed by atoms with E-state index in [4.69, 9.17) is 11.6 Å². The number of hydrazine groups is 1. The van der Waals surface area contributed by atoms with Crippen molar-refractivity contribution in [1.82, 2.24) is 5.01 Å². The van der Waals surface area contributed by atoms with Gasteiger partial charge in [0.25, 0.3) is 0 Å². The second-order valence-electron chi connectivity index (χ2n) is 7.14. The largest absolute Gasteiger partial charge is 0.508 e. The van der Waals surface area contributed by atoms with Crippen molar-refractivity contribution >= 4 is 11.7 Å². The lowest BCUT2D eigenvalue weighted by Crippen LogP contribution is -2.38. The summed E-state index contributed by atoms with van der Waals surface area (Å²) >= 11 is 0. The molecule has 1 atom stereocenters. The van der Waals surface area contributed by atoms with Gasteiger partial charge in [0.15, 0.2) is 5.78 Å². The van der Waals surface area contributed by atoms with Crippen LogP contribution in [0.25, 0.3) is 11.1 Å². The van der Waals surface area contributed by atoms with Gasteiger partial charge in [-0.05, 0) is 48.2 Å². The van der Waals surface area contributed by atoms with Gasteiger partial charge in [0.05, 0.1) is 5.70 Å². The molecule has 3 rings (SSSR count). The normalized spacial score (nSPS) is 14.4. The van der Waals surface area contributed by atoms with Gasteiger partial charge in [0.2, 0.25) is 5.91 Å². The standard InChI is InChI=1S/C24H25N3O3/c1-16(28)21-5-3-2-4-6-23(21)27(26)24(30)15-22(25)19-9-7-17(8-10-19)18-11-13-20(29)14-12-18/h3-14,22,29H,2,15,25-26H2,1H3. The molecule has 0 aliphatic heterocycles. The predicted molar refractivity (Wildman–Crippen MR) is 117 cm³/mol. The van der Waals surface area contributed by atoms with Crippen LogP contribution < -0.4 is 11.6 Å². The molecule has 0 heterocycles. The van der Waals surface area contributed by atoms with Crippen LogP contribution in [0.2, 0.25) is 0 Å². The van der Waals surface area contributed by atoms with Crippen LogP contribution >= 0.6 is 0 Å². The van der Waals surface area contributed by atoms with Gasteiger partial charge in [-0.2, -0.15) is 0 Å². The highest BCUT2D eigenvalue weighted by Gasteiger charge is 2.21. The van der Waals surface area contributed by atoms with Crippen LogP contribution in [-0.2, 0) is 9.59 Å². The van der Waals surface area contributed by atoms with E-state index in [0.29, 0.717) is 17.7 Å². The van der Waals surface area contributed by atoms with Crippen molar-refractivity contribution in [2.75, 3.05) is 0 Å². The molecule has 2 aromatic rings. The van der Waals surface area contributed by atoms with Gasteiger partial charge in [-0.15, -0.1) is 0 Å². The minimum Gasteiger partial charge on any atom is -0.508 e. The van der Waals surface area contributed by atoms with Gasteiger partial charge in [0, 0.05) is 18.0 Å².